The number of methoxy groups -OCH3 is 5. The van der Waals surface area contributed by atoms with Crippen molar-refractivity contribution in [2.45, 2.75) is 31.8 Å². The third-order valence-corrected chi connectivity index (χ3v) is 6.88. The van der Waals surface area contributed by atoms with E-state index in [-0.39, 0.29) is 18.1 Å². The van der Waals surface area contributed by atoms with Gasteiger partial charge in [0.25, 0.3) is 0 Å². The van der Waals surface area contributed by atoms with Crippen molar-refractivity contribution in [1.82, 2.24) is 0 Å². The highest BCUT2D eigenvalue weighted by Gasteiger charge is 2.46. The van der Waals surface area contributed by atoms with Gasteiger partial charge in [0, 0.05) is 18.4 Å². The number of quaternary nitrogens is 1. The molecule has 7 heteroatoms. The molecule has 0 spiro atoms. The molecule has 7 nitrogen and oxygen atoms in total. The average Bonchev–Trinajstić information content (AvgIpc) is 2.83. The quantitative estimate of drug-likeness (QED) is 0.458. The summed E-state index contributed by atoms with van der Waals surface area (Å²) in [6.45, 7) is 2.75. The van der Waals surface area contributed by atoms with Crippen LogP contribution in [0.3, 0.4) is 0 Å². The maximum absolute atomic E-state index is 12.6. The first-order valence-corrected chi connectivity index (χ1v) is 10.7. The summed E-state index contributed by atoms with van der Waals surface area (Å²) in [4.78, 5) is 12.6. The lowest BCUT2D eigenvalue weighted by molar-refractivity contribution is -0.954. The van der Waals surface area contributed by atoms with Crippen LogP contribution < -0.4 is 18.9 Å². The molecule has 0 bridgehead atoms. The van der Waals surface area contributed by atoms with Crippen LogP contribution in [0.5, 0.6) is 23.0 Å². The van der Waals surface area contributed by atoms with Gasteiger partial charge < -0.3 is 28.2 Å². The molecule has 0 aromatic heterocycles. The van der Waals surface area contributed by atoms with E-state index in [1.54, 1.807) is 28.4 Å². The van der Waals surface area contributed by atoms with Crippen molar-refractivity contribution in [3.05, 3.63) is 47.0 Å². The zero-order valence-corrected chi connectivity index (χ0v) is 20.1. The Hall–Kier alpha value is -2.93. The molecule has 0 fully saturated rings. The molecular weight excluding hydrogens is 410 g/mol. The predicted octanol–water partition coefficient (Wildman–Crippen LogP) is 3.57. The van der Waals surface area contributed by atoms with Crippen molar-refractivity contribution >= 4 is 5.97 Å². The van der Waals surface area contributed by atoms with Crippen molar-refractivity contribution in [3.8, 4) is 23.0 Å². The van der Waals surface area contributed by atoms with Crippen molar-refractivity contribution in [1.29, 1.82) is 0 Å². The third kappa shape index (κ3) is 4.21. The molecule has 1 aliphatic heterocycles. The molecule has 3 atom stereocenters. The Morgan fingerprint density at radius 1 is 0.938 bits per heavy atom. The van der Waals surface area contributed by atoms with E-state index < -0.39 is 0 Å². The van der Waals surface area contributed by atoms with Gasteiger partial charge in [0.15, 0.2) is 29.0 Å². The lowest BCUT2D eigenvalue weighted by atomic mass is 9.85. The molecule has 0 aliphatic carbocycles. The highest BCUT2D eigenvalue weighted by molar-refractivity contribution is 5.74. The van der Waals surface area contributed by atoms with E-state index in [0.717, 1.165) is 24.1 Å². The zero-order chi connectivity index (χ0) is 23.5. The Morgan fingerprint density at radius 3 is 2.12 bits per heavy atom. The van der Waals surface area contributed by atoms with Crippen LogP contribution in [-0.2, 0) is 22.4 Å². The van der Waals surface area contributed by atoms with Gasteiger partial charge in [0.1, 0.15) is 6.04 Å². The van der Waals surface area contributed by atoms with Crippen LogP contribution in [0.4, 0.5) is 0 Å². The number of nitrogens with zero attached hydrogens (tertiary/aromatic N) is 1. The largest absolute Gasteiger partial charge is 0.493 e. The molecule has 0 N–H and O–H groups in total. The van der Waals surface area contributed by atoms with Crippen LogP contribution in [0.2, 0.25) is 0 Å². The summed E-state index contributed by atoms with van der Waals surface area (Å²) in [7, 11) is 10.1. The van der Waals surface area contributed by atoms with Crippen LogP contribution in [-0.4, -0.2) is 65.6 Å². The maximum atomic E-state index is 12.6. The second-order valence-corrected chi connectivity index (χ2v) is 8.33. The number of carbonyl (C=O) groups excluding carboxylic acids is 1. The van der Waals surface area contributed by atoms with Gasteiger partial charge >= 0.3 is 5.97 Å². The number of ether oxygens (including phenoxy) is 5. The predicted molar refractivity (Wildman–Crippen MR) is 122 cm³/mol. The summed E-state index contributed by atoms with van der Waals surface area (Å²) in [6, 6.07) is 9.75. The molecule has 2 unspecified atom stereocenters. The molecule has 1 aliphatic rings. The van der Waals surface area contributed by atoms with Gasteiger partial charge in [-0.3, -0.25) is 0 Å². The van der Waals surface area contributed by atoms with Gasteiger partial charge in [0.2, 0.25) is 0 Å². The fourth-order valence-corrected chi connectivity index (χ4v) is 4.72. The first kappa shape index (κ1) is 23.7. The monoisotopic (exact) mass is 444 g/mol. The number of likely N-dealkylation sites (N-methyl/N-ethyl adjacent to an activating group) is 1. The van der Waals surface area contributed by atoms with Gasteiger partial charge in [-0.1, -0.05) is 6.07 Å². The Bertz CT molecular complexity index is 975. The first-order valence-electron chi connectivity index (χ1n) is 10.7. The summed E-state index contributed by atoms with van der Waals surface area (Å²) < 4.78 is 27.7. The van der Waals surface area contributed by atoms with E-state index in [2.05, 4.69) is 19.2 Å². The molecule has 174 valence electrons. The Labute approximate surface area is 190 Å². The van der Waals surface area contributed by atoms with Crippen LogP contribution in [0.25, 0.3) is 0 Å². The molecule has 1 heterocycles. The first-order chi connectivity index (χ1) is 15.3. The minimum atomic E-state index is -0.327. The van der Waals surface area contributed by atoms with Gasteiger partial charge in [-0.2, -0.15) is 0 Å². The summed E-state index contributed by atoms with van der Waals surface area (Å²) in [5, 5.41) is 0. The second kappa shape index (κ2) is 9.69. The number of hydrogen-bond donors (Lipinski definition) is 0. The Kier molecular flexibility index (Phi) is 7.19. The fourth-order valence-electron chi connectivity index (χ4n) is 4.72. The SMILES string of the molecule is COC(=O)C(C)[N+]1(C)CCc2cc(OC)c(OC)cc2[C@H]1Cc1ccc(OC)c(OC)c1. The number of fused-ring (bicyclic) bond motifs is 1. The van der Waals surface area contributed by atoms with Crippen LogP contribution >= 0.6 is 0 Å². The van der Waals surface area contributed by atoms with Crippen molar-refractivity contribution in [3.63, 3.8) is 0 Å². The van der Waals surface area contributed by atoms with Gasteiger partial charge in [-0.15, -0.1) is 0 Å². The summed E-state index contributed by atoms with van der Waals surface area (Å²) in [6.07, 6.45) is 1.54. The number of rotatable bonds is 8. The average molecular weight is 445 g/mol. The lowest BCUT2D eigenvalue weighted by Gasteiger charge is -2.48. The minimum Gasteiger partial charge on any atom is -0.493 e. The summed E-state index contributed by atoms with van der Waals surface area (Å²) in [5.74, 6) is 2.56. The molecule has 0 radical (unpaired) electrons. The fraction of sp³-hybridized carbons (Fsp3) is 0.480. The van der Waals surface area contributed by atoms with E-state index in [4.69, 9.17) is 23.7 Å². The molecule has 32 heavy (non-hydrogen) atoms. The van der Waals surface area contributed by atoms with E-state index >= 15 is 0 Å². The van der Waals surface area contributed by atoms with Crippen molar-refractivity contribution < 1.29 is 33.0 Å². The topological polar surface area (TPSA) is 63.2 Å². The molecule has 2 aromatic carbocycles. The third-order valence-electron chi connectivity index (χ3n) is 6.88. The number of benzene rings is 2. The smallest absolute Gasteiger partial charge is 0.364 e. The number of hydrogen-bond acceptors (Lipinski definition) is 6. The van der Waals surface area contributed by atoms with E-state index in [9.17, 15) is 4.79 Å². The molecular formula is C25H34NO6+. The van der Waals surface area contributed by atoms with Crippen molar-refractivity contribution in [2.24, 2.45) is 0 Å². The number of esters is 1. The summed E-state index contributed by atoms with van der Waals surface area (Å²) in [5.41, 5.74) is 3.46. The normalized spacial score (nSPS) is 20.7. The Morgan fingerprint density at radius 2 is 1.53 bits per heavy atom. The molecule has 3 rings (SSSR count). The molecule has 0 amide bonds. The lowest BCUT2D eigenvalue weighted by Crippen LogP contribution is -2.60. The zero-order valence-electron chi connectivity index (χ0n) is 20.1. The van der Waals surface area contributed by atoms with Crippen LogP contribution in [0.1, 0.15) is 29.7 Å². The molecule has 0 saturated carbocycles. The van der Waals surface area contributed by atoms with Gasteiger partial charge in [-0.25, -0.2) is 4.79 Å². The van der Waals surface area contributed by atoms with Gasteiger partial charge in [0.05, 0.1) is 49.1 Å². The second-order valence-electron chi connectivity index (χ2n) is 8.33. The van der Waals surface area contributed by atoms with Crippen molar-refractivity contribution in [2.75, 3.05) is 49.1 Å². The van der Waals surface area contributed by atoms with Gasteiger partial charge in [-0.05, 0) is 42.3 Å². The maximum Gasteiger partial charge on any atom is 0.364 e. The Balaban J connectivity index is 2.13. The highest BCUT2D eigenvalue weighted by atomic mass is 16.5. The van der Waals surface area contributed by atoms with E-state index in [0.29, 0.717) is 33.9 Å². The van der Waals surface area contributed by atoms with Crippen LogP contribution in [0, 0.1) is 0 Å². The van der Waals surface area contributed by atoms with E-state index in [1.165, 1.54) is 12.7 Å². The molecule has 0 saturated heterocycles. The minimum absolute atomic E-state index is 0.00533. The van der Waals surface area contributed by atoms with E-state index in [1.807, 2.05) is 25.1 Å². The van der Waals surface area contributed by atoms with Crippen LogP contribution in [0.15, 0.2) is 30.3 Å². The summed E-state index contributed by atoms with van der Waals surface area (Å²) >= 11 is 0. The molecule has 2 aromatic rings. The standard InChI is InChI=1S/C25H34NO6/c1-16(25(27)32-7)26(2)11-10-18-14-23(30-5)24(31-6)15-19(18)20(26)12-17-8-9-21(28-3)22(13-17)29-4/h8-9,13-16,20H,10-12H2,1-7H3/q+1/t16?,20-,26?/m1/s1. The highest BCUT2D eigenvalue weighted by Crippen LogP contribution is 2.44. The number of carbonyl (C=O) groups is 1.